The normalized spacial score (nSPS) is 9.61. The van der Waals surface area contributed by atoms with Crippen LogP contribution in [0.3, 0.4) is 0 Å². The maximum atomic E-state index is 11.5. The summed E-state index contributed by atoms with van der Waals surface area (Å²) in [4.78, 5) is 43.9. The van der Waals surface area contributed by atoms with Crippen molar-refractivity contribution in [1.29, 1.82) is 0 Å². The molecule has 0 saturated heterocycles. The standard InChI is InChI=1S/C18H32N2O9.C2H6.CH5N/c1-15(21)13-28-11-9-27-8-6-20-17(23)14-29-12-10-26-7-5-19-16(22)3-2-4-18(24)25;2*1-2/h2-14H2,1H3,(H,19,22)(H,20,23)(H,24,25);1-2H3;2H2,1H3. The number of carboxylic acids is 1. The lowest BCUT2D eigenvalue weighted by atomic mass is 10.2. The van der Waals surface area contributed by atoms with Gasteiger partial charge in [-0.15, -0.1) is 0 Å². The van der Waals surface area contributed by atoms with E-state index < -0.39 is 5.97 Å². The van der Waals surface area contributed by atoms with Crippen LogP contribution >= 0.6 is 0 Å². The van der Waals surface area contributed by atoms with Crippen LogP contribution < -0.4 is 16.4 Å². The second-order valence-electron chi connectivity index (χ2n) is 5.98. The smallest absolute Gasteiger partial charge is 0.303 e. The molecule has 2 amide bonds. The fraction of sp³-hybridized carbons (Fsp3) is 0.810. The number of ketones is 1. The van der Waals surface area contributed by atoms with Crippen molar-refractivity contribution in [2.24, 2.45) is 5.73 Å². The van der Waals surface area contributed by atoms with E-state index in [2.05, 4.69) is 16.4 Å². The molecule has 33 heavy (non-hydrogen) atoms. The summed E-state index contributed by atoms with van der Waals surface area (Å²) in [7, 11) is 1.50. The minimum absolute atomic E-state index is 0.0287. The van der Waals surface area contributed by atoms with Gasteiger partial charge in [0.2, 0.25) is 11.8 Å². The van der Waals surface area contributed by atoms with Crippen LogP contribution in [-0.2, 0) is 38.1 Å². The Labute approximate surface area is 196 Å². The maximum absolute atomic E-state index is 11.5. The average molecular weight is 482 g/mol. The van der Waals surface area contributed by atoms with Gasteiger partial charge in [-0.05, 0) is 20.4 Å². The summed E-state index contributed by atoms with van der Waals surface area (Å²) in [6.45, 7) is 7.92. The molecule has 12 heteroatoms. The van der Waals surface area contributed by atoms with Crippen LogP contribution in [-0.4, -0.2) is 102 Å². The number of hydrogen-bond acceptors (Lipinski definition) is 9. The van der Waals surface area contributed by atoms with E-state index in [0.717, 1.165) is 0 Å². The Kier molecular flexibility index (Phi) is 32.1. The van der Waals surface area contributed by atoms with Gasteiger partial charge in [0.05, 0.1) is 39.6 Å². The Morgan fingerprint density at radius 2 is 1.15 bits per heavy atom. The van der Waals surface area contributed by atoms with E-state index in [1.807, 2.05) is 13.8 Å². The molecule has 12 nitrogen and oxygen atoms in total. The Balaban J connectivity index is -0.00000212. The lowest BCUT2D eigenvalue weighted by molar-refractivity contribution is -0.137. The topological polar surface area (TPSA) is 176 Å². The van der Waals surface area contributed by atoms with E-state index in [9.17, 15) is 19.2 Å². The van der Waals surface area contributed by atoms with Crippen molar-refractivity contribution in [2.75, 3.05) is 73.0 Å². The van der Waals surface area contributed by atoms with E-state index in [4.69, 9.17) is 24.1 Å². The van der Waals surface area contributed by atoms with E-state index in [1.54, 1.807) is 0 Å². The van der Waals surface area contributed by atoms with Crippen molar-refractivity contribution in [3.63, 3.8) is 0 Å². The third-order valence-electron chi connectivity index (χ3n) is 3.21. The van der Waals surface area contributed by atoms with Crippen molar-refractivity contribution >= 4 is 23.6 Å². The highest BCUT2D eigenvalue weighted by Crippen LogP contribution is 1.94. The van der Waals surface area contributed by atoms with Crippen LogP contribution in [0.1, 0.15) is 40.0 Å². The molecular formula is C21H43N3O9. The highest BCUT2D eigenvalue weighted by Gasteiger charge is 2.03. The number of Topliss-reactive ketones (excluding diaryl/α,β-unsaturated/α-hetero) is 1. The molecule has 0 bridgehead atoms. The first-order valence-electron chi connectivity index (χ1n) is 11.0. The molecule has 0 aliphatic carbocycles. The second-order valence-corrected chi connectivity index (χ2v) is 5.98. The molecule has 5 N–H and O–H groups in total. The molecule has 0 atom stereocenters. The van der Waals surface area contributed by atoms with Crippen molar-refractivity contribution < 1.29 is 43.2 Å². The molecule has 0 saturated carbocycles. The first-order valence-corrected chi connectivity index (χ1v) is 11.0. The molecule has 0 aliphatic rings. The summed E-state index contributed by atoms with van der Waals surface area (Å²) >= 11 is 0. The molecular weight excluding hydrogens is 438 g/mol. The van der Waals surface area contributed by atoms with Gasteiger partial charge in [-0.3, -0.25) is 19.2 Å². The van der Waals surface area contributed by atoms with E-state index >= 15 is 0 Å². The lowest BCUT2D eigenvalue weighted by Crippen LogP contribution is -2.31. The SMILES string of the molecule is CC.CC(=O)COCCOCCNC(=O)COCCOCCNC(=O)CCCC(=O)O.CN. The third kappa shape index (κ3) is 34.7. The summed E-state index contributed by atoms with van der Waals surface area (Å²) in [6, 6.07) is 0. The summed E-state index contributed by atoms with van der Waals surface area (Å²) in [5.74, 6) is -1.44. The van der Waals surface area contributed by atoms with E-state index in [1.165, 1.54) is 14.0 Å². The number of rotatable bonds is 20. The van der Waals surface area contributed by atoms with Gasteiger partial charge < -0.3 is 40.4 Å². The van der Waals surface area contributed by atoms with Crippen LogP contribution in [0.5, 0.6) is 0 Å². The molecule has 0 spiro atoms. The molecule has 0 heterocycles. The van der Waals surface area contributed by atoms with E-state index in [-0.39, 0.29) is 56.9 Å². The highest BCUT2D eigenvalue weighted by molar-refractivity contribution is 5.77. The van der Waals surface area contributed by atoms with Crippen molar-refractivity contribution in [1.82, 2.24) is 10.6 Å². The first-order chi connectivity index (χ1) is 15.9. The average Bonchev–Trinajstić information content (AvgIpc) is 2.79. The van der Waals surface area contributed by atoms with Gasteiger partial charge in [0.1, 0.15) is 13.2 Å². The zero-order chi connectivity index (χ0) is 25.7. The van der Waals surface area contributed by atoms with Gasteiger partial charge in [-0.1, -0.05) is 13.8 Å². The molecule has 0 fully saturated rings. The van der Waals surface area contributed by atoms with Crippen molar-refractivity contribution in [3.8, 4) is 0 Å². The largest absolute Gasteiger partial charge is 0.481 e. The summed E-state index contributed by atoms with van der Waals surface area (Å²) < 4.78 is 20.7. The molecule has 0 aromatic heterocycles. The Hall–Kier alpha value is -2.12. The number of aliphatic carboxylic acids is 1. The molecule has 0 unspecified atom stereocenters. The van der Waals surface area contributed by atoms with Crippen molar-refractivity contribution in [2.45, 2.75) is 40.0 Å². The number of ether oxygens (including phenoxy) is 4. The predicted octanol–water partition coefficient (Wildman–Crippen LogP) is -0.270. The van der Waals surface area contributed by atoms with Crippen LogP contribution in [0.15, 0.2) is 0 Å². The molecule has 0 radical (unpaired) electrons. The van der Waals surface area contributed by atoms with Crippen LogP contribution in [0.25, 0.3) is 0 Å². The van der Waals surface area contributed by atoms with Gasteiger partial charge in [0, 0.05) is 25.9 Å². The summed E-state index contributed by atoms with van der Waals surface area (Å²) in [5.41, 5.74) is 4.50. The number of hydrogen-bond donors (Lipinski definition) is 4. The van der Waals surface area contributed by atoms with Crippen molar-refractivity contribution in [3.05, 3.63) is 0 Å². The Morgan fingerprint density at radius 3 is 1.64 bits per heavy atom. The van der Waals surface area contributed by atoms with Crippen LogP contribution in [0.2, 0.25) is 0 Å². The van der Waals surface area contributed by atoms with Gasteiger partial charge in [0.15, 0.2) is 5.78 Å². The fourth-order valence-corrected chi connectivity index (χ4v) is 1.89. The first kappa shape index (κ1) is 35.5. The number of carboxylic acid groups (broad SMARTS) is 1. The van der Waals surface area contributed by atoms with Gasteiger partial charge in [-0.25, -0.2) is 0 Å². The molecule has 0 aromatic carbocycles. The fourth-order valence-electron chi connectivity index (χ4n) is 1.89. The molecule has 0 aromatic rings. The molecule has 0 rings (SSSR count). The highest BCUT2D eigenvalue weighted by atomic mass is 16.5. The zero-order valence-electron chi connectivity index (χ0n) is 20.5. The maximum Gasteiger partial charge on any atom is 0.303 e. The van der Waals surface area contributed by atoms with E-state index in [0.29, 0.717) is 45.9 Å². The number of carbonyl (C=O) groups excluding carboxylic acids is 3. The quantitative estimate of drug-likeness (QED) is 0.169. The van der Waals surface area contributed by atoms with Gasteiger partial charge in [0.25, 0.3) is 0 Å². The summed E-state index contributed by atoms with van der Waals surface area (Å²) in [5, 5.41) is 13.7. The Bertz CT molecular complexity index is 492. The minimum Gasteiger partial charge on any atom is -0.481 e. The predicted molar refractivity (Wildman–Crippen MR) is 123 cm³/mol. The Morgan fingerprint density at radius 1 is 0.697 bits per heavy atom. The van der Waals surface area contributed by atoms with Crippen LogP contribution in [0, 0.1) is 0 Å². The molecule has 196 valence electrons. The number of carbonyl (C=O) groups is 4. The molecule has 0 aliphatic heterocycles. The zero-order valence-corrected chi connectivity index (χ0v) is 20.5. The monoisotopic (exact) mass is 481 g/mol. The summed E-state index contributed by atoms with van der Waals surface area (Å²) in [6.07, 6.45) is 0.446. The van der Waals surface area contributed by atoms with Crippen LogP contribution in [0.4, 0.5) is 0 Å². The third-order valence-corrected chi connectivity index (χ3v) is 3.21. The number of amides is 2. The minimum atomic E-state index is -0.921. The van der Waals surface area contributed by atoms with Gasteiger partial charge >= 0.3 is 5.97 Å². The lowest BCUT2D eigenvalue weighted by Gasteiger charge is -2.08. The second kappa shape index (κ2) is 29.9. The number of nitrogens with one attached hydrogen (secondary N) is 2. The number of nitrogens with two attached hydrogens (primary N) is 1. The van der Waals surface area contributed by atoms with Gasteiger partial charge in [-0.2, -0.15) is 0 Å².